The maximum absolute atomic E-state index is 11.0. The zero-order valence-electron chi connectivity index (χ0n) is 6.69. The molecule has 0 aromatic carbocycles. The Morgan fingerprint density at radius 2 is 2.17 bits per heavy atom. The van der Waals surface area contributed by atoms with Gasteiger partial charge >= 0.3 is 0 Å². The monoisotopic (exact) mass is 186 g/mol. The summed E-state index contributed by atoms with van der Waals surface area (Å²) in [4.78, 5) is 3.85. The third-order valence-electron chi connectivity index (χ3n) is 1.37. The lowest BCUT2D eigenvalue weighted by atomic mass is 10.4. The molecule has 1 heterocycles. The Hall–Kier alpha value is -0.940. The van der Waals surface area contributed by atoms with Crippen LogP contribution in [0.2, 0.25) is 0 Å². The summed E-state index contributed by atoms with van der Waals surface area (Å²) in [6.07, 6.45) is 1.12. The summed E-state index contributed by atoms with van der Waals surface area (Å²) >= 11 is 0. The van der Waals surface area contributed by atoms with Gasteiger partial charge in [-0.25, -0.2) is 13.4 Å². The Bertz CT molecular complexity index is 373. The highest BCUT2D eigenvalue weighted by atomic mass is 32.2. The Morgan fingerprint density at radius 1 is 1.50 bits per heavy atom. The van der Waals surface area contributed by atoms with Gasteiger partial charge in [0.2, 0.25) is 0 Å². The van der Waals surface area contributed by atoms with Crippen LogP contribution in [0.4, 0.5) is 0 Å². The van der Waals surface area contributed by atoms with E-state index >= 15 is 0 Å². The van der Waals surface area contributed by atoms with E-state index in [1.54, 1.807) is 12.1 Å². The number of hydrogen-bond acceptors (Lipinski definition) is 4. The first-order valence-corrected chi connectivity index (χ1v) is 5.29. The van der Waals surface area contributed by atoms with Gasteiger partial charge in [-0.1, -0.05) is 6.07 Å². The van der Waals surface area contributed by atoms with E-state index in [0.29, 0.717) is 5.69 Å². The maximum Gasteiger partial charge on any atom is 0.192 e. The number of sulfone groups is 1. The van der Waals surface area contributed by atoms with Crippen molar-refractivity contribution in [2.24, 2.45) is 5.73 Å². The lowest BCUT2D eigenvalue weighted by Crippen LogP contribution is -2.05. The molecule has 0 aliphatic carbocycles. The molecule has 1 rings (SSSR count). The van der Waals surface area contributed by atoms with Crippen LogP contribution in [0.15, 0.2) is 23.2 Å². The zero-order chi connectivity index (χ0) is 9.19. The minimum absolute atomic E-state index is 0.0745. The summed E-state index contributed by atoms with van der Waals surface area (Å²) in [6, 6.07) is 4.77. The summed E-state index contributed by atoms with van der Waals surface area (Å²) < 4.78 is 22.0. The van der Waals surface area contributed by atoms with Gasteiger partial charge in [-0.3, -0.25) is 0 Å². The molecule has 0 saturated heterocycles. The van der Waals surface area contributed by atoms with Crippen LogP contribution in [0.25, 0.3) is 0 Å². The smallest absolute Gasteiger partial charge is 0.192 e. The van der Waals surface area contributed by atoms with Crippen LogP contribution < -0.4 is 5.73 Å². The number of aromatic nitrogens is 1. The van der Waals surface area contributed by atoms with E-state index in [1.807, 2.05) is 0 Å². The fraction of sp³-hybridized carbons (Fsp3) is 0.286. The van der Waals surface area contributed by atoms with Crippen molar-refractivity contribution in [3.8, 4) is 0 Å². The fourth-order valence-corrected chi connectivity index (χ4v) is 1.39. The number of pyridine rings is 1. The first kappa shape index (κ1) is 9.15. The molecule has 4 nitrogen and oxygen atoms in total. The summed E-state index contributed by atoms with van der Waals surface area (Å²) in [5.74, 6) is 0. The molecule has 0 amide bonds. The number of rotatable bonds is 2. The Kier molecular flexibility index (Phi) is 2.44. The van der Waals surface area contributed by atoms with Gasteiger partial charge in [0.05, 0.1) is 5.69 Å². The van der Waals surface area contributed by atoms with Crippen molar-refractivity contribution in [2.45, 2.75) is 11.6 Å². The van der Waals surface area contributed by atoms with E-state index < -0.39 is 9.84 Å². The predicted molar refractivity (Wildman–Crippen MR) is 45.2 cm³/mol. The second-order valence-corrected chi connectivity index (χ2v) is 4.41. The van der Waals surface area contributed by atoms with E-state index in [9.17, 15) is 8.42 Å². The van der Waals surface area contributed by atoms with Gasteiger partial charge in [0.15, 0.2) is 14.9 Å². The van der Waals surface area contributed by atoms with Crippen molar-refractivity contribution in [2.75, 3.05) is 6.26 Å². The Labute approximate surface area is 71.3 Å². The molecule has 2 N–H and O–H groups in total. The number of nitrogens with two attached hydrogens (primary N) is 1. The third kappa shape index (κ3) is 2.02. The highest BCUT2D eigenvalue weighted by Gasteiger charge is 2.07. The molecule has 0 spiro atoms. The van der Waals surface area contributed by atoms with Crippen LogP contribution in [-0.2, 0) is 16.4 Å². The van der Waals surface area contributed by atoms with Crippen molar-refractivity contribution in [3.05, 3.63) is 23.9 Å². The van der Waals surface area contributed by atoms with Crippen molar-refractivity contribution in [1.82, 2.24) is 4.98 Å². The van der Waals surface area contributed by atoms with Gasteiger partial charge in [0.25, 0.3) is 0 Å². The largest absolute Gasteiger partial charge is 0.325 e. The van der Waals surface area contributed by atoms with Crippen molar-refractivity contribution < 1.29 is 8.42 Å². The van der Waals surface area contributed by atoms with Gasteiger partial charge in [-0.15, -0.1) is 0 Å². The molecule has 0 saturated carbocycles. The molecule has 66 valence electrons. The van der Waals surface area contributed by atoms with E-state index in [0.717, 1.165) is 6.26 Å². The molecule has 12 heavy (non-hydrogen) atoms. The molecule has 1 aromatic heterocycles. The van der Waals surface area contributed by atoms with E-state index in [4.69, 9.17) is 5.73 Å². The average molecular weight is 186 g/mol. The van der Waals surface area contributed by atoms with Crippen LogP contribution in [0, 0.1) is 0 Å². The van der Waals surface area contributed by atoms with Crippen LogP contribution in [-0.4, -0.2) is 19.7 Å². The van der Waals surface area contributed by atoms with E-state index in [-0.39, 0.29) is 11.6 Å². The zero-order valence-corrected chi connectivity index (χ0v) is 7.50. The molecule has 0 unspecified atom stereocenters. The lowest BCUT2D eigenvalue weighted by molar-refractivity contribution is 0.597. The molecule has 0 radical (unpaired) electrons. The van der Waals surface area contributed by atoms with Gasteiger partial charge in [-0.2, -0.15) is 0 Å². The maximum atomic E-state index is 11.0. The minimum Gasteiger partial charge on any atom is -0.325 e. The molecule has 5 heteroatoms. The normalized spacial score (nSPS) is 11.5. The van der Waals surface area contributed by atoms with Crippen LogP contribution in [0.3, 0.4) is 0 Å². The summed E-state index contributed by atoms with van der Waals surface area (Å²) in [5.41, 5.74) is 5.89. The van der Waals surface area contributed by atoms with E-state index in [1.165, 1.54) is 6.07 Å². The molecule has 0 atom stereocenters. The van der Waals surface area contributed by atoms with Crippen molar-refractivity contribution in [1.29, 1.82) is 0 Å². The molecular weight excluding hydrogens is 176 g/mol. The second-order valence-electron chi connectivity index (χ2n) is 2.44. The van der Waals surface area contributed by atoms with Gasteiger partial charge in [0.1, 0.15) is 0 Å². The Morgan fingerprint density at radius 3 is 2.67 bits per heavy atom. The lowest BCUT2D eigenvalue weighted by Gasteiger charge is -1.99. The fourth-order valence-electron chi connectivity index (χ4n) is 0.778. The van der Waals surface area contributed by atoms with Gasteiger partial charge in [-0.05, 0) is 12.1 Å². The first-order chi connectivity index (χ1) is 5.54. The molecule has 0 bridgehead atoms. The topological polar surface area (TPSA) is 73.0 Å². The van der Waals surface area contributed by atoms with Gasteiger partial charge in [0, 0.05) is 12.8 Å². The van der Waals surface area contributed by atoms with Crippen LogP contribution in [0.1, 0.15) is 5.69 Å². The highest BCUT2D eigenvalue weighted by molar-refractivity contribution is 7.90. The molecule has 0 aliphatic heterocycles. The van der Waals surface area contributed by atoms with Crippen LogP contribution >= 0.6 is 0 Å². The van der Waals surface area contributed by atoms with Crippen molar-refractivity contribution in [3.63, 3.8) is 0 Å². The standard InChI is InChI=1S/C7H10N2O2S/c1-12(10,11)7-4-2-3-6(5-8)9-7/h2-4H,5,8H2,1H3. The molecular formula is C7H10N2O2S. The molecule has 0 fully saturated rings. The third-order valence-corrected chi connectivity index (χ3v) is 2.36. The quantitative estimate of drug-likeness (QED) is 0.702. The SMILES string of the molecule is CS(=O)(=O)c1cccc(CN)n1. The Balaban J connectivity index is 3.20. The van der Waals surface area contributed by atoms with Crippen LogP contribution in [0.5, 0.6) is 0 Å². The second kappa shape index (κ2) is 3.20. The highest BCUT2D eigenvalue weighted by Crippen LogP contribution is 2.05. The summed E-state index contributed by atoms with van der Waals surface area (Å²) in [5, 5.41) is 0.0745. The molecule has 1 aromatic rings. The summed E-state index contributed by atoms with van der Waals surface area (Å²) in [6.45, 7) is 0.253. The predicted octanol–water partition coefficient (Wildman–Crippen LogP) is -0.0562. The van der Waals surface area contributed by atoms with Crippen molar-refractivity contribution >= 4 is 9.84 Å². The van der Waals surface area contributed by atoms with Gasteiger partial charge < -0.3 is 5.73 Å². The first-order valence-electron chi connectivity index (χ1n) is 3.40. The molecule has 0 aliphatic rings. The minimum atomic E-state index is -3.20. The number of hydrogen-bond donors (Lipinski definition) is 1. The van der Waals surface area contributed by atoms with E-state index in [2.05, 4.69) is 4.98 Å². The number of nitrogens with zero attached hydrogens (tertiary/aromatic N) is 1. The average Bonchev–Trinajstić information content (AvgIpc) is 2.03. The summed E-state index contributed by atoms with van der Waals surface area (Å²) in [7, 11) is -3.20.